The van der Waals surface area contributed by atoms with Crippen LogP contribution in [0.3, 0.4) is 0 Å². The topological polar surface area (TPSA) is 54.7 Å². The lowest BCUT2D eigenvalue weighted by molar-refractivity contribution is 0.149. The molecule has 0 spiro atoms. The fraction of sp³-hybridized carbons (Fsp3) is 0.312. The maximum absolute atomic E-state index is 12.5. The van der Waals surface area contributed by atoms with E-state index >= 15 is 0 Å². The number of furan rings is 1. The van der Waals surface area contributed by atoms with Gasteiger partial charge >= 0.3 is 6.03 Å². The van der Waals surface area contributed by atoms with Crippen molar-refractivity contribution in [1.29, 1.82) is 0 Å². The summed E-state index contributed by atoms with van der Waals surface area (Å²) in [7, 11) is 1.61. The number of urea groups is 1. The Labute approximate surface area is 138 Å². The molecule has 5 nitrogen and oxygen atoms in total. The molecule has 1 aromatic heterocycles. The van der Waals surface area contributed by atoms with Gasteiger partial charge in [0.05, 0.1) is 18.8 Å². The van der Waals surface area contributed by atoms with Gasteiger partial charge in [0, 0.05) is 18.1 Å². The van der Waals surface area contributed by atoms with Crippen LogP contribution in [0.2, 0.25) is 0 Å². The molecule has 0 atom stereocenters. The van der Waals surface area contributed by atoms with Gasteiger partial charge in [-0.05, 0) is 47.1 Å². The first kappa shape index (κ1) is 16.6. The molecule has 22 heavy (non-hydrogen) atoms. The largest absolute Gasteiger partial charge is 0.464 e. The van der Waals surface area contributed by atoms with Gasteiger partial charge in [-0.25, -0.2) is 4.79 Å². The van der Waals surface area contributed by atoms with Crippen LogP contribution in [-0.2, 0) is 11.3 Å². The molecule has 2 rings (SSSR count). The molecule has 6 heteroatoms. The van der Waals surface area contributed by atoms with Gasteiger partial charge in [0.2, 0.25) is 0 Å². The molecule has 0 fully saturated rings. The number of carbonyl (C=O) groups excluding carboxylic acids is 1. The zero-order valence-corrected chi connectivity index (χ0v) is 14.2. The number of carbonyl (C=O) groups is 1. The van der Waals surface area contributed by atoms with Crippen molar-refractivity contribution in [2.24, 2.45) is 0 Å². The number of para-hydroxylation sites is 1. The third-order valence-electron chi connectivity index (χ3n) is 3.11. The second-order valence-corrected chi connectivity index (χ2v) is 5.69. The summed E-state index contributed by atoms with van der Waals surface area (Å²) in [6.45, 7) is 3.22. The average molecular weight is 367 g/mol. The van der Waals surface area contributed by atoms with Crippen molar-refractivity contribution in [3.63, 3.8) is 0 Å². The molecule has 0 aliphatic carbocycles. The number of anilines is 1. The number of halogens is 1. The molecule has 1 N–H and O–H groups in total. The highest BCUT2D eigenvalue weighted by molar-refractivity contribution is 9.10. The Balaban J connectivity index is 2.07. The molecule has 118 valence electrons. The van der Waals surface area contributed by atoms with Crippen LogP contribution in [0.25, 0.3) is 0 Å². The smallest absolute Gasteiger partial charge is 0.322 e. The number of hydrogen-bond acceptors (Lipinski definition) is 3. The van der Waals surface area contributed by atoms with Gasteiger partial charge < -0.3 is 19.4 Å². The molecule has 2 amide bonds. The van der Waals surface area contributed by atoms with E-state index in [2.05, 4.69) is 21.2 Å². The standard InChI is InChI=1S/C16H19BrN2O3/c1-12-7-8-13(22-12)11-19(9-10-21-2)16(20)18-15-6-4-3-5-14(15)17/h3-8H,9-11H2,1-2H3,(H,18,20). The third kappa shape index (κ3) is 4.61. The number of benzene rings is 1. The summed E-state index contributed by atoms with van der Waals surface area (Å²) in [6.07, 6.45) is 0. The van der Waals surface area contributed by atoms with Crippen LogP contribution < -0.4 is 5.32 Å². The molecule has 0 radical (unpaired) electrons. The van der Waals surface area contributed by atoms with Crippen molar-refractivity contribution in [3.8, 4) is 0 Å². The van der Waals surface area contributed by atoms with Gasteiger partial charge in [-0.2, -0.15) is 0 Å². The number of ether oxygens (including phenoxy) is 1. The van der Waals surface area contributed by atoms with E-state index < -0.39 is 0 Å². The van der Waals surface area contributed by atoms with Crippen LogP contribution in [-0.4, -0.2) is 31.2 Å². The van der Waals surface area contributed by atoms with E-state index in [9.17, 15) is 4.79 Å². The number of methoxy groups -OCH3 is 1. The number of nitrogens with one attached hydrogen (secondary N) is 1. The summed E-state index contributed by atoms with van der Waals surface area (Å²) >= 11 is 3.42. The predicted octanol–water partition coefficient (Wildman–Crippen LogP) is 4.03. The van der Waals surface area contributed by atoms with E-state index in [0.29, 0.717) is 19.7 Å². The molecule has 0 bridgehead atoms. The van der Waals surface area contributed by atoms with Gasteiger partial charge in [0.25, 0.3) is 0 Å². The first-order valence-electron chi connectivity index (χ1n) is 6.95. The molecular weight excluding hydrogens is 348 g/mol. The van der Waals surface area contributed by atoms with Crippen molar-refractivity contribution in [3.05, 3.63) is 52.4 Å². The molecule has 0 aliphatic heterocycles. The minimum atomic E-state index is -0.196. The van der Waals surface area contributed by atoms with Gasteiger partial charge in [-0.15, -0.1) is 0 Å². The van der Waals surface area contributed by atoms with E-state index in [4.69, 9.17) is 9.15 Å². The van der Waals surface area contributed by atoms with Gasteiger partial charge in [0.1, 0.15) is 11.5 Å². The van der Waals surface area contributed by atoms with Crippen molar-refractivity contribution in [1.82, 2.24) is 4.90 Å². The zero-order valence-electron chi connectivity index (χ0n) is 12.6. The number of rotatable bonds is 6. The van der Waals surface area contributed by atoms with Crippen LogP contribution in [0.5, 0.6) is 0 Å². The quantitative estimate of drug-likeness (QED) is 0.839. The van der Waals surface area contributed by atoms with E-state index in [1.165, 1.54) is 0 Å². The normalized spacial score (nSPS) is 10.5. The highest BCUT2D eigenvalue weighted by Gasteiger charge is 2.16. The fourth-order valence-corrected chi connectivity index (χ4v) is 2.35. The van der Waals surface area contributed by atoms with Crippen molar-refractivity contribution < 1.29 is 13.9 Å². The van der Waals surface area contributed by atoms with Crippen LogP contribution in [0.15, 0.2) is 45.3 Å². The number of nitrogens with zero attached hydrogens (tertiary/aromatic N) is 1. The maximum atomic E-state index is 12.5. The van der Waals surface area contributed by atoms with Crippen LogP contribution in [0, 0.1) is 6.92 Å². The van der Waals surface area contributed by atoms with Crippen molar-refractivity contribution in [2.45, 2.75) is 13.5 Å². The molecule has 1 aromatic carbocycles. The molecule has 0 aliphatic rings. The number of amides is 2. The lowest BCUT2D eigenvalue weighted by atomic mass is 10.3. The minimum absolute atomic E-state index is 0.196. The van der Waals surface area contributed by atoms with Crippen molar-refractivity contribution in [2.75, 3.05) is 25.6 Å². The van der Waals surface area contributed by atoms with Gasteiger partial charge in [0.15, 0.2) is 0 Å². The molecule has 0 saturated heterocycles. The van der Waals surface area contributed by atoms with Crippen molar-refractivity contribution >= 4 is 27.6 Å². The minimum Gasteiger partial charge on any atom is -0.464 e. The summed E-state index contributed by atoms with van der Waals surface area (Å²) in [5.74, 6) is 1.57. The zero-order chi connectivity index (χ0) is 15.9. The summed E-state index contributed by atoms with van der Waals surface area (Å²) in [5.41, 5.74) is 0.727. The lowest BCUT2D eigenvalue weighted by Crippen LogP contribution is -2.36. The SMILES string of the molecule is COCCN(Cc1ccc(C)o1)C(=O)Nc1ccccc1Br. The molecular formula is C16H19BrN2O3. The fourth-order valence-electron chi connectivity index (χ4n) is 1.97. The first-order valence-corrected chi connectivity index (χ1v) is 7.74. The summed E-state index contributed by atoms with van der Waals surface area (Å²) in [4.78, 5) is 14.1. The van der Waals surface area contributed by atoms with Crippen LogP contribution >= 0.6 is 15.9 Å². The Morgan fingerprint density at radius 2 is 2.09 bits per heavy atom. The number of aryl methyl sites for hydroxylation is 1. The second kappa shape index (κ2) is 8.00. The average Bonchev–Trinajstić information content (AvgIpc) is 2.91. The van der Waals surface area contributed by atoms with E-state index in [1.54, 1.807) is 12.0 Å². The first-order chi connectivity index (χ1) is 10.6. The third-order valence-corrected chi connectivity index (χ3v) is 3.80. The highest BCUT2D eigenvalue weighted by atomic mass is 79.9. The Bertz CT molecular complexity index is 627. The maximum Gasteiger partial charge on any atom is 0.322 e. The Morgan fingerprint density at radius 3 is 2.73 bits per heavy atom. The Kier molecular flexibility index (Phi) is 6.03. The van der Waals surface area contributed by atoms with E-state index in [1.807, 2.05) is 43.3 Å². The van der Waals surface area contributed by atoms with Crippen LogP contribution in [0.1, 0.15) is 11.5 Å². The molecule has 0 unspecified atom stereocenters. The molecule has 0 saturated carbocycles. The summed E-state index contributed by atoms with van der Waals surface area (Å²) < 4.78 is 11.5. The van der Waals surface area contributed by atoms with Crippen LogP contribution in [0.4, 0.5) is 10.5 Å². The van der Waals surface area contributed by atoms with Gasteiger partial charge in [-0.3, -0.25) is 0 Å². The second-order valence-electron chi connectivity index (χ2n) is 4.84. The summed E-state index contributed by atoms with van der Waals surface area (Å²) in [5, 5.41) is 2.89. The van der Waals surface area contributed by atoms with E-state index in [-0.39, 0.29) is 6.03 Å². The number of hydrogen-bond donors (Lipinski definition) is 1. The Hall–Kier alpha value is -1.79. The van der Waals surface area contributed by atoms with Gasteiger partial charge in [-0.1, -0.05) is 12.1 Å². The summed E-state index contributed by atoms with van der Waals surface area (Å²) in [6, 6.07) is 11.1. The predicted molar refractivity (Wildman–Crippen MR) is 88.9 cm³/mol. The molecule has 2 aromatic rings. The molecule has 1 heterocycles. The van der Waals surface area contributed by atoms with E-state index in [0.717, 1.165) is 21.7 Å². The highest BCUT2D eigenvalue weighted by Crippen LogP contribution is 2.22. The Morgan fingerprint density at radius 1 is 1.32 bits per heavy atom. The lowest BCUT2D eigenvalue weighted by Gasteiger charge is -2.22. The monoisotopic (exact) mass is 366 g/mol.